The highest BCUT2D eigenvalue weighted by Gasteiger charge is 2.15. The molecular formula is C12H25N3O2. The standard InChI is InChI=1S/C12H25N3O2/c1-3-6-14(4-2)7-5-13-12(16)15-8-10-17-11-9-15/h3-11H2,1-2H3,(H,13,16). The molecule has 1 saturated heterocycles. The van der Waals surface area contributed by atoms with Crippen molar-refractivity contribution in [3.05, 3.63) is 0 Å². The molecule has 1 N–H and O–H groups in total. The van der Waals surface area contributed by atoms with E-state index in [-0.39, 0.29) is 6.03 Å². The maximum Gasteiger partial charge on any atom is 0.317 e. The lowest BCUT2D eigenvalue weighted by atomic mass is 10.4. The van der Waals surface area contributed by atoms with Gasteiger partial charge in [0.1, 0.15) is 0 Å². The van der Waals surface area contributed by atoms with Gasteiger partial charge in [0.05, 0.1) is 13.2 Å². The van der Waals surface area contributed by atoms with E-state index in [1.807, 2.05) is 4.90 Å². The third-order valence-corrected chi connectivity index (χ3v) is 2.99. The molecule has 100 valence electrons. The molecule has 17 heavy (non-hydrogen) atoms. The van der Waals surface area contributed by atoms with Gasteiger partial charge in [0, 0.05) is 26.2 Å². The molecule has 0 saturated carbocycles. The molecule has 1 heterocycles. The van der Waals surface area contributed by atoms with Crippen LogP contribution in [0.4, 0.5) is 4.79 Å². The number of rotatable bonds is 6. The Labute approximate surface area is 104 Å². The van der Waals surface area contributed by atoms with E-state index >= 15 is 0 Å². The summed E-state index contributed by atoms with van der Waals surface area (Å²) < 4.78 is 5.21. The molecule has 0 aliphatic carbocycles. The number of ether oxygens (including phenoxy) is 1. The number of nitrogens with zero attached hydrogens (tertiary/aromatic N) is 2. The van der Waals surface area contributed by atoms with Crippen molar-refractivity contribution < 1.29 is 9.53 Å². The molecular weight excluding hydrogens is 218 g/mol. The minimum absolute atomic E-state index is 0.0425. The van der Waals surface area contributed by atoms with Gasteiger partial charge in [-0.15, -0.1) is 0 Å². The molecule has 0 aromatic rings. The first-order chi connectivity index (χ1) is 8.27. The van der Waals surface area contributed by atoms with Gasteiger partial charge in [0.2, 0.25) is 0 Å². The van der Waals surface area contributed by atoms with Crippen molar-refractivity contribution in [3.8, 4) is 0 Å². The smallest absolute Gasteiger partial charge is 0.317 e. The van der Waals surface area contributed by atoms with Gasteiger partial charge in [-0.05, 0) is 19.5 Å². The Morgan fingerprint density at radius 2 is 2.00 bits per heavy atom. The van der Waals surface area contributed by atoms with Crippen LogP contribution >= 0.6 is 0 Å². The van der Waals surface area contributed by atoms with Crippen LogP contribution in [-0.2, 0) is 4.74 Å². The molecule has 1 fully saturated rings. The molecule has 5 heteroatoms. The van der Waals surface area contributed by atoms with E-state index < -0.39 is 0 Å². The number of carbonyl (C=O) groups excluding carboxylic acids is 1. The molecule has 0 spiro atoms. The first-order valence-electron chi connectivity index (χ1n) is 6.60. The third kappa shape index (κ3) is 5.37. The molecule has 1 aliphatic heterocycles. The Balaban J connectivity index is 2.14. The second-order valence-corrected chi connectivity index (χ2v) is 4.27. The minimum atomic E-state index is 0.0425. The summed E-state index contributed by atoms with van der Waals surface area (Å²) in [6, 6.07) is 0.0425. The highest BCUT2D eigenvalue weighted by atomic mass is 16.5. The fraction of sp³-hybridized carbons (Fsp3) is 0.917. The van der Waals surface area contributed by atoms with Gasteiger partial charge in [-0.1, -0.05) is 13.8 Å². The maximum atomic E-state index is 11.8. The summed E-state index contributed by atoms with van der Waals surface area (Å²) in [6.45, 7) is 10.9. The van der Waals surface area contributed by atoms with Crippen molar-refractivity contribution in [2.24, 2.45) is 0 Å². The Kier molecular flexibility index (Phi) is 6.96. The van der Waals surface area contributed by atoms with E-state index in [0.29, 0.717) is 26.3 Å². The van der Waals surface area contributed by atoms with Crippen LogP contribution in [0.25, 0.3) is 0 Å². The van der Waals surface area contributed by atoms with Gasteiger partial charge in [-0.25, -0.2) is 4.79 Å². The molecule has 0 aromatic carbocycles. The average Bonchev–Trinajstić information content (AvgIpc) is 2.38. The van der Waals surface area contributed by atoms with Crippen molar-refractivity contribution in [2.45, 2.75) is 20.3 Å². The number of urea groups is 1. The molecule has 5 nitrogen and oxygen atoms in total. The number of hydrogen-bond donors (Lipinski definition) is 1. The van der Waals surface area contributed by atoms with Crippen LogP contribution in [0, 0.1) is 0 Å². The van der Waals surface area contributed by atoms with Gasteiger partial charge >= 0.3 is 6.03 Å². The molecule has 2 amide bonds. The molecule has 0 aromatic heterocycles. The number of nitrogens with one attached hydrogen (secondary N) is 1. The van der Waals surface area contributed by atoms with Crippen LogP contribution in [0.3, 0.4) is 0 Å². The Morgan fingerprint density at radius 3 is 2.59 bits per heavy atom. The minimum Gasteiger partial charge on any atom is -0.378 e. The zero-order valence-electron chi connectivity index (χ0n) is 11.1. The lowest BCUT2D eigenvalue weighted by Gasteiger charge is -2.27. The molecule has 0 bridgehead atoms. The zero-order chi connectivity index (χ0) is 12.5. The predicted octanol–water partition coefficient (Wildman–Crippen LogP) is 0.760. The lowest BCUT2D eigenvalue weighted by molar-refractivity contribution is 0.0531. The number of morpholine rings is 1. The van der Waals surface area contributed by atoms with Gasteiger partial charge in [-0.2, -0.15) is 0 Å². The quantitative estimate of drug-likeness (QED) is 0.749. The van der Waals surface area contributed by atoms with Crippen LogP contribution in [-0.4, -0.2) is 68.3 Å². The fourth-order valence-electron chi connectivity index (χ4n) is 1.94. The maximum absolute atomic E-state index is 11.8. The summed E-state index contributed by atoms with van der Waals surface area (Å²) in [5.41, 5.74) is 0. The van der Waals surface area contributed by atoms with Crippen molar-refractivity contribution in [3.63, 3.8) is 0 Å². The van der Waals surface area contributed by atoms with E-state index in [4.69, 9.17) is 4.74 Å². The normalized spacial score (nSPS) is 16.3. The summed E-state index contributed by atoms with van der Waals surface area (Å²) in [5.74, 6) is 0. The number of carbonyl (C=O) groups is 1. The second-order valence-electron chi connectivity index (χ2n) is 4.27. The van der Waals surface area contributed by atoms with Crippen LogP contribution in [0.2, 0.25) is 0 Å². The summed E-state index contributed by atoms with van der Waals surface area (Å²) in [5, 5.41) is 2.97. The molecule has 0 unspecified atom stereocenters. The van der Waals surface area contributed by atoms with Crippen molar-refractivity contribution >= 4 is 6.03 Å². The van der Waals surface area contributed by atoms with Crippen molar-refractivity contribution in [1.82, 2.24) is 15.1 Å². The molecule has 0 atom stereocenters. The van der Waals surface area contributed by atoms with Gasteiger partial charge in [0.25, 0.3) is 0 Å². The zero-order valence-corrected chi connectivity index (χ0v) is 11.1. The van der Waals surface area contributed by atoms with E-state index in [2.05, 4.69) is 24.1 Å². The molecule has 1 aliphatic rings. The number of amides is 2. The Morgan fingerprint density at radius 1 is 1.29 bits per heavy atom. The Hall–Kier alpha value is -0.810. The van der Waals surface area contributed by atoms with Crippen LogP contribution in [0.1, 0.15) is 20.3 Å². The second kappa shape index (κ2) is 8.31. The third-order valence-electron chi connectivity index (χ3n) is 2.99. The van der Waals surface area contributed by atoms with Gasteiger partial charge in [0.15, 0.2) is 0 Å². The predicted molar refractivity (Wildman–Crippen MR) is 68.2 cm³/mol. The topological polar surface area (TPSA) is 44.8 Å². The summed E-state index contributed by atoms with van der Waals surface area (Å²) in [6.07, 6.45) is 1.16. The largest absolute Gasteiger partial charge is 0.378 e. The SMILES string of the molecule is CCCN(CC)CCNC(=O)N1CCOCC1. The highest BCUT2D eigenvalue weighted by molar-refractivity contribution is 5.74. The summed E-state index contributed by atoms with van der Waals surface area (Å²) >= 11 is 0. The average molecular weight is 243 g/mol. The van der Waals surface area contributed by atoms with E-state index in [1.165, 1.54) is 0 Å². The van der Waals surface area contributed by atoms with Gasteiger partial charge < -0.3 is 19.9 Å². The van der Waals surface area contributed by atoms with Crippen molar-refractivity contribution in [2.75, 3.05) is 52.5 Å². The molecule has 1 rings (SSSR count). The number of likely N-dealkylation sites (N-methyl/N-ethyl adjacent to an activating group) is 1. The summed E-state index contributed by atoms with van der Waals surface area (Å²) in [7, 11) is 0. The van der Waals surface area contributed by atoms with E-state index in [1.54, 1.807) is 0 Å². The van der Waals surface area contributed by atoms with Crippen molar-refractivity contribution in [1.29, 1.82) is 0 Å². The highest BCUT2D eigenvalue weighted by Crippen LogP contribution is 1.96. The number of hydrogen-bond acceptors (Lipinski definition) is 3. The Bertz CT molecular complexity index is 218. The van der Waals surface area contributed by atoms with E-state index in [0.717, 1.165) is 32.6 Å². The first kappa shape index (κ1) is 14.3. The molecule has 0 radical (unpaired) electrons. The van der Waals surface area contributed by atoms with Crippen LogP contribution < -0.4 is 5.32 Å². The van der Waals surface area contributed by atoms with Crippen LogP contribution in [0.15, 0.2) is 0 Å². The monoisotopic (exact) mass is 243 g/mol. The lowest BCUT2D eigenvalue weighted by Crippen LogP contribution is -2.47. The van der Waals surface area contributed by atoms with Gasteiger partial charge in [-0.3, -0.25) is 0 Å². The summed E-state index contributed by atoms with van der Waals surface area (Å²) in [4.78, 5) is 15.9. The fourth-order valence-corrected chi connectivity index (χ4v) is 1.94. The van der Waals surface area contributed by atoms with E-state index in [9.17, 15) is 4.79 Å². The first-order valence-corrected chi connectivity index (χ1v) is 6.60. The van der Waals surface area contributed by atoms with Crippen LogP contribution in [0.5, 0.6) is 0 Å².